The smallest absolute Gasteiger partial charge is 0.327 e. The van der Waals surface area contributed by atoms with E-state index in [1.54, 1.807) is 30.3 Å². The summed E-state index contributed by atoms with van der Waals surface area (Å²) in [5.74, 6) is -1.26. The molecule has 28 heavy (non-hydrogen) atoms. The number of quaternary nitrogens is 1. The molecule has 0 aliphatic carbocycles. The van der Waals surface area contributed by atoms with Gasteiger partial charge < -0.3 is 9.90 Å². The first-order valence-electron chi connectivity index (χ1n) is 9.85. The number of carboxylic acids is 1. The molecule has 1 aliphatic rings. The molecule has 0 amide bonds. The van der Waals surface area contributed by atoms with E-state index < -0.39 is 25.9 Å². The highest BCUT2D eigenvalue weighted by molar-refractivity contribution is 7.86. The Morgan fingerprint density at radius 3 is 2.25 bits per heavy atom. The van der Waals surface area contributed by atoms with Gasteiger partial charge in [-0.3, -0.25) is 0 Å². The van der Waals surface area contributed by atoms with Crippen LogP contribution in [0.5, 0.6) is 0 Å². The van der Waals surface area contributed by atoms with Crippen LogP contribution in [0.15, 0.2) is 65.6 Å². The first-order valence-corrected chi connectivity index (χ1v) is 11.3. The Bertz CT molecular complexity index is 899. The van der Waals surface area contributed by atoms with Crippen molar-refractivity contribution in [2.24, 2.45) is 0 Å². The van der Waals surface area contributed by atoms with Gasteiger partial charge in [-0.15, -0.1) is 0 Å². The van der Waals surface area contributed by atoms with Gasteiger partial charge in [0.15, 0.2) is 0 Å². The quantitative estimate of drug-likeness (QED) is 0.669. The largest absolute Gasteiger partial charge is 0.544 e. The zero-order valence-electron chi connectivity index (χ0n) is 16.2. The SMILES string of the molecule is CCCC[N+]1(S(=O)(=O)c2ccccc2)CCC(c2ccccc2)CC1C(=O)[O-]. The molecule has 3 rings (SSSR count). The second-order valence-electron chi connectivity index (χ2n) is 7.51. The third-order valence-corrected chi connectivity index (χ3v) is 8.33. The van der Waals surface area contributed by atoms with Crippen LogP contribution in [0.1, 0.15) is 44.1 Å². The van der Waals surface area contributed by atoms with Crippen molar-refractivity contribution in [3.05, 3.63) is 66.2 Å². The third-order valence-electron chi connectivity index (χ3n) is 5.88. The van der Waals surface area contributed by atoms with Crippen molar-refractivity contribution in [2.75, 3.05) is 13.1 Å². The summed E-state index contributed by atoms with van der Waals surface area (Å²) < 4.78 is 26.9. The van der Waals surface area contributed by atoms with E-state index in [2.05, 4.69) is 0 Å². The minimum absolute atomic E-state index is 0.0166. The Morgan fingerprint density at radius 1 is 1.07 bits per heavy atom. The van der Waals surface area contributed by atoms with Gasteiger partial charge in [0.25, 0.3) is 0 Å². The van der Waals surface area contributed by atoms with Crippen molar-refractivity contribution >= 4 is 16.0 Å². The number of sulfonamides is 1. The molecular weight excluding hydrogens is 374 g/mol. The maximum absolute atomic E-state index is 13.7. The molecule has 1 aliphatic heterocycles. The second-order valence-corrected chi connectivity index (χ2v) is 9.66. The van der Waals surface area contributed by atoms with E-state index >= 15 is 0 Å². The van der Waals surface area contributed by atoms with E-state index in [9.17, 15) is 18.3 Å². The van der Waals surface area contributed by atoms with Gasteiger partial charge in [-0.05, 0) is 30.0 Å². The van der Waals surface area contributed by atoms with Gasteiger partial charge >= 0.3 is 10.0 Å². The van der Waals surface area contributed by atoms with Crippen LogP contribution in [0.3, 0.4) is 0 Å². The van der Waals surface area contributed by atoms with Crippen molar-refractivity contribution in [1.29, 1.82) is 0 Å². The van der Waals surface area contributed by atoms with Gasteiger partial charge in [0.1, 0.15) is 16.9 Å². The van der Waals surface area contributed by atoms with E-state index in [0.29, 0.717) is 12.8 Å². The Balaban J connectivity index is 2.05. The number of likely N-dealkylation sites (tertiary alicyclic amines) is 1. The van der Waals surface area contributed by atoms with Gasteiger partial charge in [-0.2, -0.15) is 8.42 Å². The maximum Gasteiger partial charge on any atom is 0.327 e. The number of carboxylic acid groups (broad SMARTS) is 1. The molecule has 1 saturated heterocycles. The molecule has 0 radical (unpaired) electrons. The molecule has 0 N–H and O–H groups in total. The third kappa shape index (κ3) is 3.71. The minimum Gasteiger partial charge on any atom is -0.544 e. The molecule has 0 saturated carbocycles. The predicted octanol–water partition coefficient (Wildman–Crippen LogP) is 2.69. The van der Waals surface area contributed by atoms with Gasteiger partial charge in [0.2, 0.25) is 0 Å². The fourth-order valence-corrected chi connectivity index (χ4v) is 6.47. The number of carbonyl (C=O) groups excluding carboxylic acids is 1. The highest BCUT2D eigenvalue weighted by Crippen LogP contribution is 2.40. The summed E-state index contributed by atoms with van der Waals surface area (Å²) in [6.07, 6.45) is 2.34. The van der Waals surface area contributed by atoms with Crippen LogP contribution in [0.25, 0.3) is 0 Å². The van der Waals surface area contributed by atoms with Crippen LogP contribution in [0.2, 0.25) is 0 Å². The van der Waals surface area contributed by atoms with Crippen LogP contribution in [0.4, 0.5) is 0 Å². The standard InChI is InChI=1S/C22H27NO4S/c1-2-3-15-23(28(26,27)20-12-8-5-9-13-20)16-14-19(17-21(23)22(24)25)18-10-6-4-7-11-18/h4-13,19,21H,2-3,14-17H2,1H3. The molecule has 6 heteroatoms. The van der Waals surface area contributed by atoms with Crippen molar-refractivity contribution < 1.29 is 22.2 Å². The van der Waals surface area contributed by atoms with Gasteiger partial charge in [0, 0.05) is 12.8 Å². The average molecular weight is 402 g/mol. The topological polar surface area (TPSA) is 74.3 Å². The van der Waals surface area contributed by atoms with E-state index in [0.717, 1.165) is 12.0 Å². The summed E-state index contributed by atoms with van der Waals surface area (Å²) in [5, 5.41) is 12.2. The molecule has 0 aromatic heterocycles. The molecule has 150 valence electrons. The highest BCUT2D eigenvalue weighted by Gasteiger charge is 2.52. The Morgan fingerprint density at radius 2 is 1.68 bits per heavy atom. The number of rotatable bonds is 7. The summed E-state index contributed by atoms with van der Waals surface area (Å²) in [6.45, 7) is 2.54. The number of benzene rings is 2. The summed E-state index contributed by atoms with van der Waals surface area (Å²) in [5.41, 5.74) is 1.05. The van der Waals surface area contributed by atoms with Crippen LogP contribution in [-0.4, -0.2) is 37.4 Å². The fraction of sp³-hybridized carbons (Fsp3) is 0.409. The van der Waals surface area contributed by atoms with E-state index in [-0.39, 0.29) is 30.3 Å². The van der Waals surface area contributed by atoms with Gasteiger partial charge in [0.05, 0.1) is 13.1 Å². The Kier molecular flexibility index (Phi) is 6.20. The molecule has 1 fully saturated rings. The van der Waals surface area contributed by atoms with Crippen LogP contribution in [-0.2, 0) is 14.8 Å². The molecule has 2 aromatic rings. The zero-order valence-corrected chi connectivity index (χ0v) is 17.0. The molecule has 3 atom stereocenters. The first-order chi connectivity index (χ1) is 13.4. The van der Waals surface area contributed by atoms with Crippen molar-refractivity contribution in [1.82, 2.24) is 0 Å². The summed E-state index contributed by atoms with van der Waals surface area (Å²) in [6, 6.07) is 16.9. The Labute approximate surface area is 167 Å². The second kappa shape index (κ2) is 8.45. The van der Waals surface area contributed by atoms with Crippen molar-refractivity contribution in [3.8, 4) is 0 Å². The van der Waals surface area contributed by atoms with Crippen LogP contribution in [0, 0.1) is 0 Å². The molecular formula is C22H27NO4S. The number of nitrogens with zero attached hydrogens (tertiary/aromatic N) is 1. The predicted molar refractivity (Wildman–Crippen MR) is 106 cm³/mol. The molecule has 0 bridgehead atoms. The first kappa shape index (κ1) is 20.6. The van der Waals surface area contributed by atoms with Crippen molar-refractivity contribution in [2.45, 2.75) is 49.5 Å². The van der Waals surface area contributed by atoms with E-state index in [1.807, 2.05) is 37.3 Å². The van der Waals surface area contributed by atoms with Crippen LogP contribution < -0.4 is 5.11 Å². The lowest BCUT2D eigenvalue weighted by molar-refractivity contribution is -0.834. The molecule has 5 nitrogen and oxygen atoms in total. The lowest BCUT2D eigenvalue weighted by Gasteiger charge is -2.48. The molecule has 1 heterocycles. The monoisotopic (exact) mass is 401 g/mol. The molecule has 2 aromatic carbocycles. The van der Waals surface area contributed by atoms with Gasteiger partial charge in [-0.25, -0.2) is 3.89 Å². The summed E-state index contributed by atoms with van der Waals surface area (Å²) >= 11 is 0. The Hall–Kier alpha value is -2.18. The van der Waals surface area contributed by atoms with Crippen molar-refractivity contribution in [3.63, 3.8) is 0 Å². The minimum atomic E-state index is -3.88. The lowest BCUT2D eigenvalue weighted by atomic mass is 9.85. The zero-order chi connectivity index (χ0) is 20.2. The average Bonchev–Trinajstić information content (AvgIpc) is 2.73. The fourth-order valence-electron chi connectivity index (χ4n) is 4.33. The van der Waals surface area contributed by atoms with Gasteiger partial charge in [-0.1, -0.05) is 61.9 Å². The van der Waals surface area contributed by atoms with Crippen LogP contribution >= 0.6 is 0 Å². The lowest BCUT2D eigenvalue weighted by Crippen LogP contribution is -2.67. The number of carbonyl (C=O) groups is 1. The summed E-state index contributed by atoms with van der Waals surface area (Å²) in [4.78, 5) is 12.4. The number of piperidine rings is 1. The number of hydrogen-bond donors (Lipinski definition) is 0. The van der Waals surface area contributed by atoms with E-state index in [4.69, 9.17) is 0 Å². The van der Waals surface area contributed by atoms with E-state index in [1.165, 1.54) is 0 Å². The highest BCUT2D eigenvalue weighted by atomic mass is 32.2. The summed E-state index contributed by atoms with van der Waals surface area (Å²) in [7, 11) is -3.88. The maximum atomic E-state index is 13.7. The number of aliphatic carboxylic acids is 1. The number of hydrogen-bond acceptors (Lipinski definition) is 4. The number of unbranched alkanes of at least 4 members (excludes halogenated alkanes) is 1. The molecule has 0 spiro atoms. The molecule has 3 unspecified atom stereocenters. The normalized spacial score (nSPS) is 25.3.